The molecule has 1 aliphatic heterocycles. The highest BCUT2D eigenvalue weighted by atomic mass is 79.9. The highest BCUT2D eigenvalue weighted by Crippen LogP contribution is 2.24. The number of benzene rings is 2. The molecule has 108 valence electrons. The lowest BCUT2D eigenvalue weighted by molar-refractivity contribution is 0.102. The predicted octanol–water partition coefficient (Wildman–Crippen LogP) is 4.20. The van der Waals surface area contributed by atoms with Gasteiger partial charge in [-0.25, -0.2) is 4.39 Å². The van der Waals surface area contributed by atoms with Crippen molar-refractivity contribution < 1.29 is 9.18 Å². The molecule has 3 nitrogen and oxygen atoms in total. The molecule has 0 bridgehead atoms. The summed E-state index contributed by atoms with van der Waals surface area (Å²) in [4.78, 5) is 12.2. The quantitative estimate of drug-likeness (QED) is 0.853. The highest BCUT2D eigenvalue weighted by molar-refractivity contribution is 9.10. The summed E-state index contributed by atoms with van der Waals surface area (Å²) < 4.78 is 13.8. The van der Waals surface area contributed by atoms with E-state index in [1.807, 2.05) is 12.1 Å². The molecular weight excluding hydrogens is 335 g/mol. The number of hydrogen-bond donors (Lipinski definition) is 2. The van der Waals surface area contributed by atoms with E-state index in [0.29, 0.717) is 15.7 Å². The van der Waals surface area contributed by atoms with E-state index < -0.39 is 5.82 Å². The van der Waals surface area contributed by atoms with Crippen molar-refractivity contribution in [2.75, 3.05) is 17.2 Å². The zero-order valence-corrected chi connectivity index (χ0v) is 12.8. The normalized spacial score (nSPS) is 13.2. The van der Waals surface area contributed by atoms with Crippen LogP contribution in [0.4, 0.5) is 15.8 Å². The molecule has 1 aliphatic rings. The number of fused-ring (bicyclic) bond motifs is 1. The summed E-state index contributed by atoms with van der Waals surface area (Å²) in [5.74, 6) is -0.632. The molecule has 2 aromatic rings. The molecule has 2 aromatic carbocycles. The number of rotatable bonds is 2. The Labute approximate surface area is 130 Å². The number of anilines is 2. The van der Waals surface area contributed by atoms with E-state index >= 15 is 0 Å². The zero-order chi connectivity index (χ0) is 14.8. The largest absolute Gasteiger partial charge is 0.385 e. The van der Waals surface area contributed by atoms with E-state index in [4.69, 9.17) is 0 Å². The van der Waals surface area contributed by atoms with Crippen molar-refractivity contribution in [2.45, 2.75) is 12.8 Å². The minimum atomic E-state index is -0.401. The van der Waals surface area contributed by atoms with E-state index in [0.717, 1.165) is 30.6 Å². The van der Waals surface area contributed by atoms with Gasteiger partial charge < -0.3 is 10.6 Å². The van der Waals surface area contributed by atoms with Gasteiger partial charge in [-0.15, -0.1) is 0 Å². The lowest BCUT2D eigenvalue weighted by Crippen LogP contribution is -2.15. The number of carbonyl (C=O) groups excluding carboxylic acids is 1. The van der Waals surface area contributed by atoms with Crippen LogP contribution >= 0.6 is 15.9 Å². The first-order valence-electron chi connectivity index (χ1n) is 6.77. The third-order valence-corrected chi connectivity index (χ3v) is 4.13. The molecule has 2 N–H and O–H groups in total. The molecule has 0 radical (unpaired) electrons. The maximum atomic E-state index is 13.5. The Hall–Kier alpha value is -1.88. The molecule has 0 saturated carbocycles. The Balaban J connectivity index is 1.80. The lowest BCUT2D eigenvalue weighted by Gasteiger charge is -2.18. The van der Waals surface area contributed by atoms with Crippen molar-refractivity contribution >= 4 is 33.2 Å². The van der Waals surface area contributed by atoms with Crippen molar-refractivity contribution in [2.24, 2.45) is 0 Å². The number of carbonyl (C=O) groups is 1. The second-order valence-electron chi connectivity index (χ2n) is 4.99. The first-order chi connectivity index (χ1) is 10.1. The third kappa shape index (κ3) is 3.08. The number of aryl methyl sites for hydroxylation is 1. The average molecular weight is 349 g/mol. The van der Waals surface area contributed by atoms with Crippen molar-refractivity contribution in [3.63, 3.8) is 0 Å². The number of nitrogens with one attached hydrogen (secondary N) is 2. The summed E-state index contributed by atoms with van der Waals surface area (Å²) in [5.41, 5.74) is 3.26. The number of amides is 1. The summed E-state index contributed by atoms with van der Waals surface area (Å²) >= 11 is 3.09. The Morgan fingerprint density at radius 2 is 2.10 bits per heavy atom. The molecule has 0 fully saturated rings. The van der Waals surface area contributed by atoms with Gasteiger partial charge in [0, 0.05) is 23.5 Å². The SMILES string of the molecule is O=C(Nc1ccc(Br)c(F)c1)c1ccc2c(c1)CCCN2. The van der Waals surface area contributed by atoms with Gasteiger partial charge in [-0.2, -0.15) is 0 Å². The maximum Gasteiger partial charge on any atom is 0.255 e. The molecule has 1 amide bonds. The Morgan fingerprint density at radius 3 is 2.90 bits per heavy atom. The molecule has 5 heteroatoms. The molecule has 0 spiro atoms. The molecule has 0 atom stereocenters. The van der Waals surface area contributed by atoms with Crippen molar-refractivity contribution in [3.8, 4) is 0 Å². The number of halogens is 2. The van der Waals surface area contributed by atoms with Gasteiger partial charge in [-0.05, 0) is 70.7 Å². The topological polar surface area (TPSA) is 41.1 Å². The summed E-state index contributed by atoms with van der Waals surface area (Å²) in [6.07, 6.45) is 2.03. The van der Waals surface area contributed by atoms with Crippen molar-refractivity contribution in [1.29, 1.82) is 0 Å². The van der Waals surface area contributed by atoms with E-state index in [9.17, 15) is 9.18 Å². The van der Waals surface area contributed by atoms with Crippen LogP contribution in [0.5, 0.6) is 0 Å². The van der Waals surface area contributed by atoms with Crippen molar-refractivity contribution in [1.82, 2.24) is 0 Å². The van der Waals surface area contributed by atoms with Crippen LogP contribution in [0.25, 0.3) is 0 Å². The standard InChI is InChI=1S/C16H14BrFN2O/c17-13-5-4-12(9-14(13)18)20-16(21)11-3-6-15-10(8-11)2-1-7-19-15/h3-6,8-9,19H,1-2,7H2,(H,20,21). The van der Waals surface area contributed by atoms with Crippen LogP contribution in [0.15, 0.2) is 40.9 Å². The van der Waals surface area contributed by atoms with Gasteiger partial charge in [-0.3, -0.25) is 4.79 Å². The first kappa shape index (κ1) is 14.1. The molecule has 0 unspecified atom stereocenters. The number of hydrogen-bond acceptors (Lipinski definition) is 2. The van der Waals surface area contributed by atoms with Crippen LogP contribution < -0.4 is 10.6 Å². The van der Waals surface area contributed by atoms with Crippen LogP contribution in [0, 0.1) is 5.82 Å². The van der Waals surface area contributed by atoms with Gasteiger partial charge in [0.15, 0.2) is 0 Å². The summed E-state index contributed by atoms with van der Waals surface area (Å²) in [6.45, 7) is 0.969. The maximum absolute atomic E-state index is 13.5. The molecule has 21 heavy (non-hydrogen) atoms. The second-order valence-corrected chi connectivity index (χ2v) is 5.84. The Morgan fingerprint density at radius 1 is 1.24 bits per heavy atom. The van der Waals surface area contributed by atoms with Gasteiger partial charge in [0.05, 0.1) is 4.47 Å². The molecule has 1 heterocycles. The smallest absolute Gasteiger partial charge is 0.255 e. The van der Waals surface area contributed by atoms with E-state index in [1.165, 1.54) is 6.07 Å². The van der Waals surface area contributed by atoms with Crippen LogP contribution in [0.3, 0.4) is 0 Å². The van der Waals surface area contributed by atoms with Gasteiger partial charge >= 0.3 is 0 Å². The highest BCUT2D eigenvalue weighted by Gasteiger charge is 2.13. The monoisotopic (exact) mass is 348 g/mol. The van der Waals surface area contributed by atoms with Crippen LogP contribution in [0.2, 0.25) is 0 Å². The van der Waals surface area contributed by atoms with Crippen molar-refractivity contribution in [3.05, 3.63) is 57.8 Å². The fourth-order valence-electron chi connectivity index (χ4n) is 2.39. The average Bonchev–Trinajstić information content (AvgIpc) is 2.50. The summed E-state index contributed by atoms with van der Waals surface area (Å²) in [6, 6.07) is 10.1. The fourth-order valence-corrected chi connectivity index (χ4v) is 2.64. The summed E-state index contributed by atoms with van der Waals surface area (Å²) in [7, 11) is 0. The van der Waals surface area contributed by atoms with E-state index in [1.54, 1.807) is 18.2 Å². The van der Waals surface area contributed by atoms with Gasteiger partial charge in [0.2, 0.25) is 0 Å². The summed E-state index contributed by atoms with van der Waals surface area (Å²) in [5, 5.41) is 6.02. The van der Waals surface area contributed by atoms with Crippen LogP contribution in [0.1, 0.15) is 22.3 Å². The third-order valence-electron chi connectivity index (χ3n) is 3.48. The minimum Gasteiger partial charge on any atom is -0.385 e. The second kappa shape index (κ2) is 5.85. The Bertz CT molecular complexity index is 703. The van der Waals surface area contributed by atoms with Gasteiger partial charge in [-0.1, -0.05) is 0 Å². The fraction of sp³-hybridized carbons (Fsp3) is 0.188. The van der Waals surface area contributed by atoms with Crippen LogP contribution in [-0.2, 0) is 6.42 Å². The van der Waals surface area contributed by atoms with E-state index in [2.05, 4.69) is 26.6 Å². The minimum absolute atomic E-state index is 0.231. The van der Waals surface area contributed by atoms with Crippen LogP contribution in [-0.4, -0.2) is 12.5 Å². The predicted molar refractivity (Wildman–Crippen MR) is 85.3 cm³/mol. The van der Waals surface area contributed by atoms with Gasteiger partial charge in [0.1, 0.15) is 5.82 Å². The lowest BCUT2D eigenvalue weighted by atomic mass is 10.0. The molecule has 0 aromatic heterocycles. The molecule has 3 rings (SSSR count). The van der Waals surface area contributed by atoms with Gasteiger partial charge in [0.25, 0.3) is 5.91 Å². The first-order valence-corrected chi connectivity index (χ1v) is 7.56. The Kier molecular flexibility index (Phi) is 3.92. The zero-order valence-electron chi connectivity index (χ0n) is 11.2. The molecule has 0 aliphatic carbocycles. The molecular formula is C16H14BrFN2O. The van der Waals surface area contributed by atoms with E-state index in [-0.39, 0.29) is 5.91 Å². The molecule has 0 saturated heterocycles.